The summed E-state index contributed by atoms with van der Waals surface area (Å²) in [5, 5.41) is 7.62. The molecule has 0 aliphatic heterocycles. The number of nitrogens with zero attached hydrogens (tertiary/aromatic N) is 3. The molecule has 0 atom stereocenters. The molecule has 5 nitrogen and oxygen atoms in total. The van der Waals surface area contributed by atoms with Crippen LogP contribution in [0.25, 0.3) is 5.69 Å². The van der Waals surface area contributed by atoms with Crippen molar-refractivity contribution in [3.63, 3.8) is 0 Å². The first-order chi connectivity index (χ1) is 7.40. The number of hydrogen-bond donors (Lipinski definition) is 1. The number of rotatable bonds is 4. The second kappa shape index (κ2) is 4.56. The minimum absolute atomic E-state index is 0.519. The zero-order chi connectivity index (χ0) is 10.5. The minimum atomic E-state index is 0.519. The van der Waals surface area contributed by atoms with Crippen LogP contribution in [0.1, 0.15) is 0 Å². The van der Waals surface area contributed by atoms with Gasteiger partial charge < -0.3 is 10.5 Å². The molecule has 0 aliphatic carbocycles. The summed E-state index contributed by atoms with van der Waals surface area (Å²) in [7, 11) is 0. The molecule has 1 aromatic heterocycles. The maximum atomic E-state index is 5.36. The summed E-state index contributed by atoms with van der Waals surface area (Å²) in [6, 6.07) is 7.60. The van der Waals surface area contributed by atoms with Crippen molar-refractivity contribution in [2.24, 2.45) is 5.73 Å². The quantitative estimate of drug-likeness (QED) is 0.792. The molecule has 78 valence electrons. The van der Waals surface area contributed by atoms with Crippen LogP contribution in [-0.2, 0) is 0 Å². The molecule has 5 heteroatoms. The summed E-state index contributed by atoms with van der Waals surface area (Å²) in [4.78, 5) is 0. The van der Waals surface area contributed by atoms with Crippen LogP contribution in [0, 0.1) is 0 Å². The van der Waals surface area contributed by atoms with Gasteiger partial charge in [0.15, 0.2) is 0 Å². The van der Waals surface area contributed by atoms with Crippen LogP contribution in [0.4, 0.5) is 0 Å². The van der Waals surface area contributed by atoms with E-state index in [9.17, 15) is 0 Å². The maximum absolute atomic E-state index is 5.36. The van der Waals surface area contributed by atoms with E-state index in [4.69, 9.17) is 10.5 Å². The zero-order valence-electron chi connectivity index (χ0n) is 8.21. The predicted octanol–water partition coefficient (Wildman–Crippen LogP) is 0.605. The van der Waals surface area contributed by atoms with Gasteiger partial charge in [0.2, 0.25) is 0 Å². The standard InChI is InChI=1S/C10H12N4O/c11-5-8-15-10-3-1-9(2-4-10)14-7-6-12-13-14/h1-4,6-7H,5,8,11H2. The van der Waals surface area contributed by atoms with E-state index in [0.717, 1.165) is 11.4 Å². The molecule has 2 rings (SSSR count). The smallest absolute Gasteiger partial charge is 0.119 e. The molecule has 0 radical (unpaired) electrons. The molecule has 0 spiro atoms. The highest BCUT2D eigenvalue weighted by Gasteiger charge is 1.97. The van der Waals surface area contributed by atoms with Crippen LogP contribution >= 0.6 is 0 Å². The third-order valence-electron chi connectivity index (χ3n) is 1.91. The van der Waals surface area contributed by atoms with Crippen molar-refractivity contribution in [3.05, 3.63) is 36.7 Å². The number of nitrogens with two attached hydrogens (primary N) is 1. The third kappa shape index (κ3) is 2.32. The molecule has 15 heavy (non-hydrogen) atoms. The van der Waals surface area contributed by atoms with Crippen LogP contribution in [0.15, 0.2) is 36.7 Å². The molecule has 0 unspecified atom stereocenters. The van der Waals surface area contributed by atoms with Gasteiger partial charge >= 0.3 is 0 Å². The van der Waals surface area contributed by atoms with Gasteiger partial charge in [-0.15, -0.1) is 5.10 Å². The second-order valence-corrected chi connectivity index (χ2v) is 2.98. The number of aromatic nitrogens is 3. The van der Waals surface area contributed by atoms with E-state index < -0.39 is 0 Å². The lowest BCUT2D eigenvalue weighted by Crippen LogP contribution is -2.10. The van der Waals surface area contributed by atoms with Gasteiger partial charge in [-0.1, -0.05) is 5.21 Å². The van der Waals surface area contributed by atoms with E-state index in [1.54, 1.807) is 17.1 Å². The van der Waals surface area contributed by atoms with Crippen LogP contribution in [-0.4, -0.2) is 28.1 Å². The lowest BCUT2D eigenvalue weighted by molar-refractivity contribution is 0.328. The Morgan fingerprint density at radius 1 is 1.27 bits per heavy atom. The van der Waals surface area contributed by atoms with E-state index >= 15 is 0 Å². The van der Waals surface area contributed by atoms with Crippen LogP contribution in [0.5, 0.6) is 5.75 Å². The summed E-state index contributed by atoms with van der Waals surface area (Å²) in [6.07, 6.45) is 3.43. The second-order valence-electron chi connectivity index (χ2n) is 2.98. The van der Waals surface area contributed by atoms with Gasteiger partial charge in [0.05, 0.1) is 18.1 Å². The first kappa shape index (κ1) is 9.67. The van der Waals surface area contributed by atoms with Crippen molar-refractivity contribution < 1.29 is 4.74 Å². The molecular formula is C10H12N4O. The fraction of sp³-hybridized carbons (Fsp3) is 0.200. The average Bonchev–Trinajstić information content (AvgIpc) is 2.80. The Hall–Kier alpha value is -1.88. The molecule has 0 amide bonds. The topological polar surface area (TPSA) is 66.0 Å². The average molecular weight is 204 g/mol. The lowest BCUT2D eigenvalue weighted by Gasteiger charge is -2.05. The Balaban J connectivity index is 2.11. The zero-order valence-corrected chi connectivity index (χ0v) is 8.21. The third-order valence-corrected chi connectivity index (χ3v) is 1.91. The molecule has 1 aromatic carbocycles. The van der Waals surface area contributed by atoms with Crippen molar-refractivity contribution in [3.8, 4) is 11.4 Å². The fourth-order valence-corrected chi connectivity index (χ4v) is 1.22. The van der Waals surface area contributed by atoms with Gasteiger partial charge in [-0.3, -0.25) is 0 Å². The van der Waals surface area contributed by atoms with E-state index in [2.05, 4.69) is 10.3 Å². The van der Waals surface area contributed by atoms with E-state index in [1.165, 1.54) is 0 Å². The van der Waals surface area contributed by atoms with Crippen molar-refractivity contribution in [1.82, 2.24) is 15.0 Å². The van der Waals surface area contributed by atoms with Crippen LogP contribution in [0.2, 0.25) is 0 Å². The lowest BCUT2D eigenvalue weighted by atomic mass is 10.3. The summed E-state index contributed by atoms with van der Waals surface area (Å²) in [5.41, 5.74) is 6.29. The number of benzene rings is 1. The highest BCUT2D eigenvalue weighted by Crippen LogP contribution is 2.13. The highest BCUT2D eigenvalue weighted by molar-refractivity contribution is 5.36. The Kier molecular flexibility index (Phi) is 2.94. The Morgan fingerprint density at radius 3 is 2.67 bits per heavy atom. The van der Waals surface area contributed by atoms with Crippen molar-refractivity contribution in [2.45, 2.75) is 0 Å². The molecule has 2 aromatic rings. The molecule has 2 N–H and O–H groups in total. The van der Waals surface area contributed by atoms with Crippen molar-refractivity contribution in [2.75, 3.05) is 13.2 Å². The predicted molar refractivity (Wildman–Crippen MR) is 55.9 cm³/mol. The Bertz CT molecular complexity index is 396. The minimum Gasteiger partial charge on any atom is -0.492 e. The summed E-state index contributed by atoms with van der Waals surface area (Å²) in [6.45, 7) is 1.05. The van der Waals surface area contributed by atoms with Crippen molar-refractivity contribution >= 4 is 0 Å². The van der Waals surface area contributed by atoms with Gasteiger partial charge in [0.1, 0.15) is 12.4 Å². The Labute approximate surface area is 87.5 Å². The van der Waals surface area contributed by atoms with Gasteiger partial charge in [0, 0.05) is 6.54 Å². The summed E-state index contributed by atoms with van der Waals surface area (Å²) < 4.78 is 7.04. The van der Waals surface area contributed by atoms with Gasteiger partial charge in [-0.05, 0) is 24.3 Å². The first-order valence-electron chi connectivity index (χ1n) is 4.70. The SMILES string of the molecule is NCCOc1ccc(-n2ccnn2)cc1. The van der Waals surface area contributed by atoms with Gasteiger partial charge in [-0.2, -0.15) is 0 Å². The van der Waals surface area contributed by atoms with Gasteiger partial charge in [-0.25, -0.2) is 4.68 Å². The molecule has 1 heterocycles. The molecule has 0 bridgehead atoms. The molecule has 0 saturated carbocycles. The summed E-state index contributed by atoms with van der Waals surface area (Å²) >= 11 is 0. The molecule has 0 saturated heterocycles. The number of ether oxygens (including phenoxy) is 1. The molecule has 0 fully saturated rings. The van der Waals surface area contributed by atoms with Crippen molar-refractivity contribution in [1.29, 1.82) is 0 Å². The monoisotopic (exact) mass is 204 g/mol. The normalized spacial score (nSPS) is 10.2. The fourth-order valence-electron chi connectivity index (χ4n) is 1.22. The van der Waals surface area contributed by atoms with Gasteiger partial charge in [0.25, 0.3) is 0 Å². The first-order valence-corrected chi connectivity index (χ1v) is 4.70. The largest absolute Gasteiger partial charge is 0.492 e. The number of hydrogen-bond acceptors (Lipinski definition) is 4. The maximum Gasteiger partial charge on any atom is 0.119 e. The molecule has 0 aliphatic rings. The van der Waals surface area contributed by atoms with E-state index in [1.807, 2.05) is 24.3 Å². The van der Waals surface area contributed by atoms with Crippen LogP contribution < -0.4 is 10.5 Å². The Morgan fingerprint density at radius 2 is 2.07 bits per heavy atom. The van der Waals surface area contributed by atoms with E-state index in [0.29, 0.717) is 13.2 Å². The van der Waals surface area contributed by atoms with Crippen LogP contribution in [0.3, 0.4) is 0 Å². The highest BCUT2D eigenvalue weighted by atomic mass is 16.5. The summed E-state index contributed by atoms with van der Waals surface area (Å²) in [5.74, 6) is 0.810. The molecular weight excluding hydrogens is 192 g/mol. The van der Waals surface area contributed by atoms with E-state index in [-0.39, 0.29) is 0 Å².